The SMILES string of the molecule is C[C@]1(COP2(=O)OCC[C@@H](c3ccc(Cl)cc3)O2)O[C@@H](n2ccc(=O)[nH]c2=O)[C@H](O)[C@@H]1O. The summed E-state index contributed by atoms with van der Waals surface area (Å²) in [6.07, 6.45) is -3.30. The lowest BCUT2D eigenvalue weighted by Gasteiger charge is -2.32. The van der Waals surface area contributed by atoms with Crippen molar-refractivity contribution in [3.8, 4) is 0 Å². The number of ether oxygens (including phenoxy) is 1. The molecule has 0 saturated carbocycles. The van der Waals surface area contributed by atoms with E-state index in [0.717, 1.165) is 22.4 Å². The molecular weight excluding hydrogens is 467 g/mol. The predicted octanol–water partition coefficient (Wildman–Crippen LogP) is 1.50. The van der Waals surface area contributed by atoms with Gasteiger partial charge in [0.1, 0.15) is 17.8 Å². The molecule has 2 aromatic rings. The van der Waals surface area contributed by atoms with Crippen LogP contribution in [0.2, 0.25) is 5.02 Å². The summed E-state index contributed by atoms with van der Waals surface area (Å²) < 4.78 is 35.9. The number of hydrogen-bond donors (Lipinski definition) is 3. The molecule has 2 fully saturated rings. The number of rotatable bonds is 5. The number of nitrogens with one attached hydrogen (secondary N) is 1. The molecule has 0 amide bonds. The van der Waals surface area contributed by atoms with Gasteiger partial charge in [0.25, 0.3) is 5.56 Å². The second kappa shape index (κ2) is 8.85. The monoisotopic (exact) mass is 488 g/mol. The minimum atomic E-state index is -4.02. The molecule has 2 aliphatic rings. The number of phosphoric ester groups is 1. The van der Waals surface area contributed by atoms with Crippen molar-refractivity contribution in [1.29, 1.82) is 0 Å². The van der Waals surface area contributed by atoms with E-state index in [1.165, 1.54) is 6.92 Å². The quantitative estimate of drug-likeness (QED) is 0.532. The number of halogens is 1. The van der Waals surface area contributed by atoms with Crippen LogP contribution in [0.25, 0.3) is 0 Å². The Morgan fingerprint density at radius 2 is 2.00 bits per heavy atom. The van der Waals surface area contributed by atoms with Crippen molar-refractivity contribution < 1.29 is 33.1 Å². The van der Waals surface area contributed by atoms with Crippen molar-refractivity contribution in [2.24, 2.45) is 0 Å². The Kier molecular flexibility index (Phi) is 6.45. The molecule has 0 spiro atoms. The van der Waals surface area contributed by atoms with Gasteiger partial charge in [-0.05, 0) is 24.6 Å². The van der Waals surface area contributed by atoms with E-state index in [1.54, 1.807) is 24.3 Å². The molecule has 1 aromatic carbocycles. The Hall–Kier alpha value is -1.82. The topological polar surface area (TPSA) is 149 Å². The molecule has 6 atom stereocenters. The summed E-state index contributed by atoms with van der Waals surface area (Å²) >= 11 is 5.90. The molecule has 13 heteroatoms. The molecule has 1 unspecified atom stereocenters. The Morgan fingerprint density at radius 1 is 1.28 bits per heavy atom. The molecule has 2 aliphatic heterocycles. The number of H-pyrrole nitrogens is 1. The molecule has 0 bridgehead atoms. The van der Waals surface area contributed by atoms with Crippen molar-refractivity contribution in [1.82, 2.24) is 9.55 Å². The molecule has 3 N–H and O–H groups in total. The highest BCUT2D eigenvalue weighted by Gasteiger charge is 2.53. The van der Waals surface area contributed by atoms with Gasteiger partial charge in [0.05, 0.1) is 19.3 Å². The first-order chi connectivity index (χ1) is 15.1. The zero-order valence-electron chi connectivity index (χ0n) is 16.9. The van der Waals surface area contributed by atoms with Gasteiger partial charge in [0, 0.05) is 23.7 Å². The summed E-state index contributed by atoms with van der Waals surface area (Å²) in [5.41, 5.74) is -2.25. The van der Waals surface area contributed by atoms with Gasteiger partial charge in [-0.3, -0.25) is 27.9 Å². The van der Waals surface area contributed by atoms with Crippen LogP contribution in [0.1, 0.15) is 31.2 Å². The highest BCUT2D eigenvalue weighted by Crippen LogP contribution is 2.57. The van der Waals surface area contributed by atoms with E-state index in [-0.39, 0.29) is 6.61 Å². The molecule has 0 aliphatic carbocycles. The molecule has 3 heterocycles. The van der Waals surface area contributed by atoms with Gasteiger partial charge >= 0.3 is 13.5 Å². The first-order valence-electron chi connectivity index (χ1n) is 9.79. The molecule has 4 rings (SSSR count). The van der Waals surface area contributed by atoms with E-state index in [9.17, 15) is 24.4 Å². The van der Waals surface area contributed by atoms with Gasteiger partial charge in [-0.15, -0.1) is 0 Å². The third-order valence-electron chi connectivity index (χ3n) is 5.39. The molecular formula is C19H22ClN2O9P. The van der Waals surface area contributed by atoms with E-state index in [2.05, 4.69) is 0 Å². The van der Waals surface area contributed by atoms with Crippen LogP contribution in [0.5, 0.6) is 0 Å². The molecule has 32 heavy (non-hydrogen) atoms. The van der Waals surface area contributed by atoms with Gasteiger partial charge in [0.2, 0.25) is 0 Å². The van der Waals surface area contributed by atoms with Crippen LogP contribution >= 0.6 is 19.4 Å². The highest BCUT2D eigenvalue weighted by molar-refractivity contribution is 7.48. The van der Waals surface area contributed by atoms with Gasteiger partial charge in [-0.2, -0.15) is 0 Å². The van der Waals surface area contributed by atoms with Crippen LogP contribution in [0.15, 0.2) is 46.1 Å². The van der Waals surface area contributed by atoms with E-state index in [4.69, 9.17) is 29.9 Å². The average Bonchev–Trinajstić information content (AvgIpc) is 2.98. The normalized spacial score (nSPS) is 35.1. The average molecular weight is 489 g/mol. The van der Waals surface area contributed by atoms with E-state index in [0.29, 0.717) is 11.4 Å². The largest absolute Gasteiger partial charge is 0.475 e. The van der Waals surface area contributed by atoms with E-state index in [1.807, 2.05) is 4.98 Å². The van der Waals surface area contributed by atoms with Crippen molar-refractivity contribution in [2.75, 3.05) is 13.2 Å². The second-order valence-corrected chi connectivity index (χ2v) is 9.82. The number of aromatic nitrogens is 2. The van der Waals surface area contributed by atoms with Gasteiger partial charge in [-0.1, -0.05) is 23.7 Å². The number of benzene rings is 1. The minimum Gasteiger partial charge on any atom is -0.387 e. The Morgan fingerprint density at radius 3 is 2.69 bits per heavy atom. The van der Waals surface area contributed by atoms with Crippen LogP contribution in [-0.4, -0.2) is 50.8 Å². The Labute approximate surface area is 187 Å². The zero-order valence-corrected chi connectivity index (χ0v) is 18.6. The summed E-state index contributed by atoms with van der Waals surface area (Å²) in [6.45, 7) is 1.07. The third-order valence-corrected chi connectivity index (χ3v) is 7.10. The van der Waals surface area contributed by atoms with Crippen molar-refractivity contribution in [3.63, 3.8) is 0 Å². The molecule has 2 saturated heterocycles. The molecule has 174 valence electrons. The van der Waals surface area contributed by atoms with Crippen molar-refractivity contribution in [2.45, 2.75) is 43.5 Å². The van der Waals surface area contributed by atoms with Crippen LogP contribution in [0.4, 0.5) is 0 Å². The number of aromatic amines is 1. The number of hydrogen-bond acceptors (Lipinski definition) is 9. The van der Waals surface area contributed by atoms with Crippen LogP contribution in [0, 0.1) is 0 Å². The molecule has 1 aromatic heterocycles. The minimum absolute atomic E-state index is 0.114. The lowest BCUT2D eigenvalue weighted by Crippen LogP contribution is -2.44. The number of aliphatic hydroxyl groups is 2. The fraction of sp³-hybridized carbons (Fsp3) is 0.474. The number of phosphoric acid groups is 1. The summed E-state index contributed by atoms with van der Waals surface area (Å²) in [7, 11) is -4.02. The first-order valence-corrected chi connectivity index (χ1v) is 11.6. The fourth-order valence-electron chi connectivity index (χ4n) is 3.59. The number of nitrogens with zero attached hydrogens (tertiary/aromatic N) is 1. The van der Waals surface area contributed by atoms with Gasteiger partial charge in [-0.25, -0.2) is 9.36 Å². The summed E-state index contributed by atoms with van der Waals surface area (Å²) in [5.74, 6) is 0. The maximum absolute atomic E-state index is 13.0. The van der Waals surface area contributed by atoms with Crippen LogP contribution < -0.4 is 11.2 Å². The summed E-state index contributed by atoms with van der Waals surface area (Å²) in [5, 5.41) is 21.5. The van der Waals surface area contributed by atoms with E-state index >= 15 is 0 Å². The Bertz CT molecular complexity index is 1140. The smallest absolute Gasteiger partial charge is 0.387 e. The molecule has 11 nitrogen and oxygen atoms in total. The summed E-state index contributed by atoms with van der Waals surface area (Å²) in [6, 6.07) is 7.94. The van der Waals surface area contributed by atoms with Crippen LogP contribution in [-0.2, 0) is 22.9 Å². The first kappa shape index (κ1) is 23.3. The van der Waals surface area contributed by atoms with Gasteiger partial charge in [0.15, 0.2) is 6.23 Å². The number of aliphatic hydroxyl groups excluding tert-OH is 2. The predicted molar refractivity (Wildman–Crippen MR) is 111 cm³/mol. The zero-order chi connectivity index (χ0) is 23.1. The third kappa shape index (κ3) is 4.61. The standard InChI is InChI=1S/C19H22ClN2O9P/c1-19(16(25)15(24)17(30-19)22-8-6-14(23)21-18(22)26)10-29-32(27)28-9-7-13(31-32)11-2-4-12(20)5-3-11/h2-6,8,13,15-17,24-25H,7,9-10H2,1H3,(H,21,23,26)/t13-,15+,16-,17+,19+,32?/m0/s1. The second-order valence-electron chi connectivity index (χ2n) is 7.76. The maximum Gasteiger partial charge on any atom is 0.475 e. The summed E-state index contributed by atoms with van der Waals surface area (Å²) in [4.78, 5) is 25.4. The van der Waals surface area contributed by atoms with Crippen LogP contribution in [0.3, 0.4) is 0 Å². The lowest BCUT2D eigenvalue weighted by atomic mass is 9.99. The fourth-order valence-corrected chi connectivity index (χ4v) is 5.20. The van der Waals surface area contributed by atoms with Crippen molar-refractivity contribution in [3.05, 3.63) is 68.0 Å². The van der Waals surface area contributed by atoms with Gasteiger partial charge < -0.3 is 14.9 Å². The maximum atomic E-state index is 13.0. The Balaban J connectivity index is 1.47. The molecule has 0 radical (unpaired) electrons. The van der Waals surface area contributed by atoms with Crippen molar-refractivity contribution >= 4 is 19.4 Å². The lowest BCUT2D eigenvalue weighted by molar-refractivity contribution is -0.120. The highest BCUT2D eigenvalue weighted by atomic mass is 35.5. The van der Waals surface area contributed by atoms with E-state index < -0.39 is 55.8 Å².